The summed E-state index contributed by atoms with van der Waals surface area (Å²) in [5, 5.41) is 24.1. The molecule has 1 N–H and O–H groups in total. The van der Waals surface area contributed by atoms with Crippen LogP contribution >= 0.6 is 12.2 Å². The molecule has 5 nitrogen and oxygen atoms in total. The molecule has 2 aromatic rings. The Hall–Kier alpha value is -2.44. The molecule has 6 heteroatoms. The molecule has 2 rings (SSSR count). The number of aromatic amines is 1. The van der Waals surface area contributed by atoms with Gasteiger partial charge >= 0.3 is 0 Å². The fourth-order valence-electron chi connectivity index (χ4n) is 1.30. The van der Waals surface area contributed by atoms with Crippen molar-refractivity contribution in [3.05, 3.63) is 40.4 Å². The molecule has 16 heavy (non-hydrogen) atoms. The van der Waals surface area contributed by atoms with Crippen molar-refractivity contribution in [2.24, 2.45) is 0 Å². The number of nitrogens with one attached hydrogen (secondary N) is 1. The molecule has 0 aliphatic carbocycles. The van der Waals surface area contributed by atoms with Gasteiger partial charge in [0.2, 0.25) is 0 Å². The van der Waals surface area contributed by atoms with Gasteiger partial charge in [0.25, 0.3) is 0 Å². The molecule has 1 heterocycles. The standard InChI is InChI=1S/C10H5N5S/c11-4-7-1-2-9(3-8(7)5-12)15-6-13-14-10(15)16/h1-3,6H,(H,14,16). The van der Waals surface area contributed by atoms with E-state index in [1.165, 1.54) is 6.33 Å². The summed E-state index contributed by atoms with van der Waals surface area (Å²) in [6.07, 6.45) is 1.52. The smallest absolute Gasteiger partial charge is 0.199 e. The van der Waals surface area contributed by atoms with Crippen LogP contribution in [0.25, 0.3) is 5.69 Å². The van der Waals surface area contributed by atoms with E-state index in [-0.39, 0.29) is 0 Å². The SMILES string of the molecule is N#Cc1ccc(-n2cn[nH]c2=S)cc1C#N. The Bertz CT molecular complexity index is 667. The van der Waals surface area contributed by atoms with Crippen LogP contribution in [-0.4, -0.2) is 14.8 Å². The minimum absolute atomic E-state index is 0.322. The van der Waals surface area contributed by atoms with Crippen LogP contribution in [0.1, 0.15) is 11.1 Å². The quantitative estimate of drug-likeness (QED) is 0.751. The monoisotopic (exact) mass is 227 g/mol. The number of benzene rings is 1. The van der Waals surface area contributed by atoms with Crippen LogP contribution in [0, 0.1) is 27.4 Å². The molecule has 76 valence electrons. The van der Waals surface area contributed by atoms with Gasteiger partial charge in [-0.15, -0.1) is 0 Å². The molecule has 0 amide bonds. The molecule has 0 fully saturated rings. The summed E-state index contributed by atoms with van der Waals surface area (Å²) in [4.78, 5) is 0. The summed E-state index contributed by atoms with van der Waals surface area (Å²) >= 11 is 5.01. The van der Waals surface area contributed by atoms with Gasteiger partial charge in [-0.05, 0) is 30.4 Å². The van der Waals surface area contributed by atoms with E-state index in [2.05, 4.69) is 10.2 Å². The van der Waals surface area contributed by atoms with E-state index in [1.54, 1.807) is 22.8 Å². The summed E-state index contributed by atoms with van der Waals surface area (Å²) in [7, 11) is 0. The second-order valence-electron chi connectivity index (χ2n) is 2.99. The number of hydrogen-bond donors (Lipinski definition) is 1. The van der Waals surface area contributed by atoms with Crippen LogP contribution in [0.15, 0.2) is 24.5 Å². The van der Waals surface area contributed by atoms with Gasteiger partial charge in [0, 0.05) is 0 Å². The fourth-order valence-corrected chi connectivity index (χ4v) is 1.51. The molecule has 0 saturated carbocycles. The van der Waals surface area contributed by atoms with Crippen LogP contribution in [0.3, 0.4) is 0 Å². The summed E-state index contributed by atoms with van der Waals surface area (Å²) < 4.78 is 2.06. The van der Waals surface area contributed by atoms with E-state index < -0.39 is 0 Å². The molecule has 0 unspecified atom stereocenters. The van der Waals surface area contributed by atoms with Gasteiger partial charge in [0.15, 0.2) is 4.77 Å². The molecule has 0 aliphatic rings. The summed E-state index contributed by atoms with van der Waals surface area (Å²) in [5.41, 5.74) is 1.37. The van der Waals surface area contributed by atoms with E-state index in [0.29, 0.717) is 21.6 Å². The van der Waals surface area contributed by atoms with Crippen molar-refractivity contribution < 1.29 is 0 Å². The van der Waals surface area contributed by atoms with Crippen molar-refractivity contribution in [3.63, 3.8) is 0 Å². The maximum atomic E-state index is 8.88. The number of hydrogen-bond acceptors (Lipinski definition) is 4. The minimum atomic E-state index is 0.322. The van der Waals surface area contributed by atoms with Gasteiger partial charge in [-0.1, -0.05) is 0 Å². The van der Waals surface area contributed by atoms with Crippen LogP contribution < -0.4 is 0 Å². The first-order chi connectivity index (χ1) is 7.76. The first-order valence-corrected chi connectivity index (χ1v) is 4.73. The topological polar surface area (TPSA) is 81.2 Å². The zero-order valence-electron chi connectivity index (χ0n) is 8.01. The van der Waals surface area contributed by atoms with Crippen molar-refractivity contribution >= 4 is 12.2 Å². The summed E-state index contributed by atoms with van der Waals surface area (Å²) in [6.45, 7) is 0. The van der Waals surface area contributed by atoms with Crippen LogP contribution in [-0.2, 0) is 0 Å². The lowest BCUT2D eigenvalue weighted by molar-refractivity contribution is 1.03. The minimum Gasteiger partial charge on any atom is -0.275 e. The number of aromatic nitrogens is 3. The third kappa shape index (κ3) is 1.58. The highest BCUT2D eigenvalue weighted by Gasteiger charge is 2.04. The molecular formula is C10H5N5S. The van der Waals surface area contributed by atoms with Crippen LogP contribution in [0.4, 0.5) is 0 Å². The molecular weight excluding hydrogens is 222 g/mol. The highest BCUT2D eigenvalue weighted by atomic mass is 32.1. The second kappa shape index (κ2) is 3.97. The number of H-pyrrole nitrogens is 1. The van der Waals surface area contributed by atoms with Gasteiger partial charge in [-0.2, -0.15) is 15.6 Å². The molecule has 0 radical (unpaired) electrons. The predicted octanol–water partition coefficient (Wildman–Crippen LogP) is 1.67. The number of nitriles is 2. The van der Waals surface area contributed by atoms with Crippen molar-refractivity contribution in [2.75, 3.05) is 0 Å². The lowest BCUT2D eigenvalue weighted by Gasteiger charge is -2.02. The third-order valence-corrected chi connectivity index (χ3v) is 2.36. The van der Waals surface area contributed by atoms with Gasteiger partial charge in [0.05, 0.1) is 16.8 Å². The molecule has 0 spiro atoms. The largest absolute Gasteiger partial charge is 0.275 e. The highest BCUT2D eigenvalue weighted by molar-refractivity contribution is 7.71. The zero-order chi connectivity index (χ0) is 11.5. The average molecular weight is 227 g/mol. The third-order valence-electron chi connectivity index (χ3n) is 2.07. The van der Waals surface area contributed by atoms with E-state index in [1.807, 2.05) is 12.1 Å². The molecule has 1 aromatic heterocycles. The van der Waals surface area contributed by atoms with Crippen molar-refractivity contribution in [1.82, 2.24) is 14.8 Å². The Morgan fingerprint density at radius 1 is 1.25 bits per heavy atom. The van der Waals surface area contributed by atoms with Gasteiger partial charge in [-0.25, -0.2) is 0 Å². The maximum absolute atomic E-state index is 8.88. The normalized spacial score (nSPS) is 9.38. The lowest BCUT2D eigenvalue weighted by atomic mass is 10.1. The van der Waals surface area contributed by atoms with Crippen molar-refractivity contribution in [3.8, 4) is 17.8 Å². The number of rotatable bonds is 1. The van der Waals surface area contributed by atoms with E-state index in [0.717, 1.165) is 0 Å². The van der Waals surface area contributed by atoms with Crippen molar-refractivity contribution in [1.29, 1.82) is 10.5 Å². The molecule has 1 aromatic carbocycles. The molecule has 0 bridgehead atoms. The molecule has 0 aliphatic heterocycles. The van der Waals surface area contributed by atoms with Crippen LogP contribution in [0.2, 0.25) is 0 Å². The van der Waals surface area contributed by atoms with E-state index >= 15 is 0 Å². The Labute approximate surface area is 96.2 Å². The zero-order valence-corrected chi connectivity index (χ0v) is 8.82. The van der Waals surface area contributed by atoms with Gasteiger partial charge in [-0.3, -0.25) is 9.67 Å². The number of nitrogens with zero attached hydrogens (tertiary/aromatic N) is 4. The molecule has 0 saturated heterocycles. The Morgan fingerprint density at radius 3 is 2.56 bits per heavy atom. The van der Waals surface area contributed by atoms with Crippen molar-refractivity contribution in [2.45, 2.75) is 0 Å². The summed E-state index contributed by atoms with van der Waals surface area (Å²) in [6, 6.07) is 8.82. The Kier molecular flexibility index (Phi) is 2.50. The van der Waals surface area contributed by atoms with Gasteiger partial charge < -0.3 is 0 Å². The first kappa shape index (κ1) is 10.1. The fraction of sp³-hybridized carbons (Fsp3) is 0. The molecule has 0 atom stereocenters. The van der Waals surface area contributed by atoms with E-state index in [9.17, 15) is 0 Å². The summed E-state index contributed by atoms with van der Waals surface area (Å²) in [5.74, 6) is 0. The average Bonchev–Trinajstić information content (AvgIpc) is 2.74. The van der Waals surface area contributed by atoms with Crippen LogP contribution in [0.5, 0.6) is 0 Å². The Balaban J connectivity index is 2.63. The maximum Gasteiger partial charge on any atom is 0.199 e. The predicted molar refractivity (Wildman–Crippen MR) is 58.2 cm³/mol. The Morgan fingerprint density at radius 2 is 2.00 bits per heavy atom. The van der Waals surface area contributed by atoms with Gasteiger partial charge in [0.1, 0.15) is 18.5 Å². The second-order valence-corrected chi connectivity index (χ2v) is 3.37. The lowest BCUT2D eigenvalue weighted by Crippen LogP contribution is -1.94. The first-order valence-electron chi connectivity index (χ1n) is 4.33. The highest BCUT2D eigenvalue weighted by Crippen LogP contribution is 2.14. The van der Waals surface area contributed by atoms with E-state index in [4.69, 9.17) is 22.7 Å².